The topological polar surface area (TPSA) is 98.7 Å². The lowest BCUT2D eigenvalue weighted by Gasteiger charge is -2.17. The van der Waals surface area contributed by atoms with Crippen molar-refractivity contribution in [3.63, 3.8) is 0 Å². The van der Waals surface area contributed by atoms with Gasteiger partial charge >= 0.3 is 8.80 Å². The van der Waals surface area contributed by atoms with E-state index in [4.69, 9.17) is 20.1 Å². The molecule has 0 spiro atoms. The molecule has 0 aromatic heterocycles. The smallest absolute Gasteiger partial charge is 0.390 e. The summed E-state index contributed by atoms with van der Waals surface area (Å²) in [5.74, 6) is 0. The Kier molecular flexibility index (Phi) is 4.81. The first-order chi connectivity index (χ1) is 4.98. The predicted octanol–water partition coefficient (Wildman–Crippen LogP) is -2.16. The lowest BCUT2D eigenvalue weighted by Crippen LogP contribution is -2.44. The molecule has 0 aromatic carbocycles. The molecule has 0 aliphatic heterocycles. The standard InChI is InChI=1S/C5H16N2O3Si/c1-5(11(8,9)10)4-7-3-2-6/h5,7-10H,2-4,6H2,1H3. The Morgan fingerprint density at radius 3 is 2.36 bits per heavy atom. The summed E-state index contributed by atoms with van der Waals surface area (Å²) >= 11 is 0. The molecule has 0 bridgehead atoms. The van der Waals surface area contributed by atoms with Crippen LogP contribution in [0.25, 0.3) is 0 Å². The van der Waals surface area contributed by atoms with Crippen LogP contribution in [0.5, 0.6) is 0 Å². The molecule has 0 rings (SSSR count). The quantitative estimate of drug-likeness (QED) is 0.245. The molecule has 0 aliphatic rings. The molecule has 0 aliphatic carbocycles. The van der Waals surface area contributed by atoms with Crippen LogP contribution in [0.3, 0.4) is 0 Å². The van der Waals surface area contributed by atoms with Gasteiger partial charge in [0.1, 0.15) is 0 Å². The Bertz CT molecular complexity index is 106. The molecular weight excluding hydrogens is 164 g/mol. The molecule has 0 fully saturated rings. The summed E-state index contributed by atoms with van der Waals surface area (Å²) in [6.07, 6.45) is 0. The third-order valence-electron chi connectivity index (χ3n) is 1.43. The molecule has 0 saturated heterocycles. The second kappa shape index (κ2) is 4.81. The molecule has 6 heteroatoms. The first kappa shape index (κ1) is 11.0. The first-order valence-electron chi connectivity index (χ1n) is 3.56. The zero-order chi connectivity index (χ0) is 8.91. The molecule has 11 heavy (non-hydrogen) atoms. The lowest BCUT2D eigenvalue weighted by molar-refractivity contribution is 0.211. The molecule has 0 heterocycles. The first-order valence-corrected chi connectivity index (χ1v) is 5.48. The van der Waals surface area contributed by atoms with Crippen LogP contribution in [0, 0.1) is 0 Å². The third kappa shape index (κ3) is 5.30. The summed E-state index contributed by atoms with van der Waals surface area (Å²) in [5.41, 5.74) is 4.69. The second-order valence-corrected chi connectivity index (χ2v) is 4.94. The number of nitrogens with one attached hydrogen (secondary N) is 1. The third-order valence-corrected chi connectivity index (χ3v) is 2.96. The Morgan fingerprint density at radius 1 is 1.45 bits per heavy atom. The van der Waals surface area contributed by atoms with Crippen LogP contribution in [-0.2, 0) is 0 Å². The van der Waals surface area contributed by atoms with Gasteiger partial charge in [0, 0.05) is 25.2 Å². The van der Waals surface area contributed by atoms with Crippen molar-refractivity contribution in [2.75, 3.05) is 19.6 Å². The summed E-state index contributed by atoms with van der Waals surface area (Å²) < 4.78 is 0. The average molecular weight is 180 g/mol. The van der Waals surface area contributed by atoms with Crippen molar-refractivity contribution in [3.8, 4) is 0 Å². The fraction of sp³-hybridized carbons (Fsp3) is 1.00. The van der Waals surface area contributed by atoms with E-state index in [0.29, 0.717) is 19.6 Å². The van der Waals surface area contributed by atoms with Crippen LogP contribution in [0.1, 0.15) is 6.92 Å². The van der Waals surface area contributed by atoms with Gasteiger partial charge < -0.3 is 25.4 Å². The van der Waals surface area contributed by atoms with Crippen LogP contribution >= 0.6 is 0 Å². The maximum atomic E-state index is 8.76. The number of hydrogen-bond acceptors (Lipinski definition) is 5. The Hall–Kier alpha value is 0.0169. The lowest BCUT2D eigenvalue weighted by atomic mass is 10.4. The van der Waals surface area contributed by atoms with E-state index in [1.807, 2.05) is 0 Å². The van der Waals surface area contributed by atoms with Crippen LogP contribution in [0.15, 0.2) is 0 Å². The van der Waals surface area contributed by atoms with Gasteiger partial charge in [-0.25, -0.2) is 0 Å². The van der Waals surface area contributed by atoms with Crippen molar-refractivity contribution < 1.29 is 14.4 Å². The minimum absolute atomic E-state index is 0.382. The predicted molar refractivity (Wildman–Crippen MR) is 43.8 cm³/mol. The normalized spacial score (nSPS) is 15.0. The van der Waals surface area contributed by atoms with Crippen LogP contribution < -0.4 is 11.1 Å². The average Bonchev–Trinajstić information content (AvgIpc) is 1.86. The highest BCUT2D eigenvalue weighted by Crippen LogP contribution is 2.10. The Labute approximate surface area is 67.2 Å². The SMILES string of the molecule is CC(CNCCN)[Si](O)(O)O. The van der Waals surface area contributed by atoms with Crippen molar-refractivity contribution in [1.82, 2.24) is 5.32 Å². The molecule has 1 atom stereocenters. The molecule has 0 aromatic rings. The van der Waals surface area contributed by atoms with Crippen LogP contribution in [0.4, 0.5) is 0 Å². The van der Waals surface area contributed by atoms with Gasteiger partial charge in [-0.1, -0.05) is 6.92 Å². The molecule has 5 nitrogen and oxygen atoms in total. The number of hydrogen-bond donors (Lipinski definition) is 5. The monoisotopic (exact) mass is 180 g/mol. The van der Waals surface area contributed by atoms with Crippen molar-refractivity contribution >= 4 is 8.80 Å². The van der Waals surface area contributed by atoms with Gasteiger partial charge in [-0.3, -0.25) is 0 Å². The zero-order valence-electron chi connectivity index (χ0n) is 6.62. The highest BCUT2D eigenvalue weighted by atomic mass is 28.4. The fourth-order valence-corrected chi connectivity index (χ4v) is 0.976. The summed E-state index contributed by atoms with van der Waals surface area (Å²) in [4.78, 5) is 26.3. The number of nitrogens with two attached hydrogens (primary N) is 1. The van der Waals surface area contributed by atoms with Gasteiger partial charge in [0.2, 0.25) is 0 Å². The van der Waals surface area contributed by atoms with Gasteiger partial charge in [0.15, 0.2) is 0 Å². The molecular formula is C5H16N2O3Si. The molecule has 0 amide bonds. The number of rotatable bonds is 5. The Balaban J connectivity index is 3.44. The summed E-state index contributed by atoms with van der Waals surface area (Å²) in [7, 11) is -3.91. The van der Waals surface area contributed by atoms with E-state index in [1.165, 1.54) is 0 Å². The van der Waals surface area contributed by atoms with Crippen molar-refractivity contribution in [3.05, 3.63) is 0 Å². The van der Waals surface area contributed by atoms with Crippen LogP contribution in [-0.4, -0.2) is 42.8 Å². The van der Waals surface area contributed by atoms with Gasteiger partial charge in [-0.05, 0) is 0 Å². The van der Waals surface area contributed by atoms with Gasteiger partial charge in [-0.2, -0.15) is 0 Å². The van der Waals surface area contributed by atoms with Gasteiger partial charge in [0.05, 0.1) is 0 Å². The van der Waals surface area contributed by atoms with E-state index in [2.05, 4.69) is 5.32 Å². The molecule has 6 N–H and O–H groups in total. The van der Waals surface area contributed by atoms with Crippen molar-refractivity contribution in [2.45, 2.75) is 12.5 Å². The molecule has 1 unspecified atom stereocenters. The van der Waals surface area contributed by atoms with E-state index in [1.54, 1.807) is 6.92 Å². The minimum atomic E-state index is -3.91. The summed E-state index contributed by atoms with van der Waals surface area (Å²) in [6, 6.07) is 0. The van der Waals surface area contributed by atoms with E-state index in [-0.39, 0.29) is 0 Å². The van der Waals surface area contributed by atoms with Crippen LogP contribution in [0.2, 0.25) is 5.54 Å². The van der Waals surface area contributed by atoms with E-state index in [9.17, 15) is 0 Å². The van der Waals surface area contributed by atoms with Gasteiger partial charge in [0.25, 0.3) is 0 Å². The fourth-order valence-electron chi connectivity index (χ4n) is 0.558. The zero-order valence-corrected chi connectivity index (χ0v) is 7.62. The highest BCUT2D eigenvalue weighted by Gasteiger charge is 2.34. The minimum Gasteiger partial charge on any atom is -0.390 e. The van der Waals surface area contributed by atoms with E-state index >= 15 is 0 Å². The van der Waals surface area contributed by atoms with Crippen molar-refractivity contribution in [2.24, 2.45) is 5.73 Å². The molecule has 0 radical (unpaired) electrons. The maximum absolute atomic E-state index is 8.76. The highest BCUT2D eigenvalue weighted by molar-refractivity contribution is 6.57. The Morgan fingerprint density at radius 2 is 2.00 bits per heavy atom. The largest absolute Gasteiger partial charge is 0.497 e. The van der Waals surface area contributed by atoms with Crippen molar-refractivity contribution in [1.29, 1.82) is 0 Å². The molecule has 0 saturated carbocycles. The van der Waals surface area contributed by atoms with E-state index < -0.39 is 14.3 Å². The molecule has 68 valence electrons. The second-order valence-electron chi connectivity index (χ2n) is 2.58. The maximum Gasteiger partial charge on any atom is 0.497 e. The van der Waals surface area contributed by atoms with E-state index in [0.717, 1.165) is 0 Å². The summed E-state index contributed by atoms with van der Waals surface area (Å²) in [6.45, 7) is 3.08. The van der Waals surface area contributed by atoms with Gasteiger partial charge in [-0.15, -0.1) is 0 Å². The summed E-state index contributed by atoms with van der Waals surface area (Å²) in [5, 5.41) is 2.87.